The smallest absolute Gasteiger partial charge is 0.0413 e. The Morgan fingerprint density at radius 3 is 2.14 bits per heavy atom. The first-order valence-electron chi connectivity index (χ1n) is 5.57. The highest BCUT2D eigenvalue weighted by Crippen LogP contribution is 2.36. The zero-order valence-corrected chi connectivity index (χ0v) is 10.0. The quantitative estimate of drug-likeness (QED) is 0.701. The molecule has 2 heteroatoms. The number of nitrogens with two attached hydrogens (primary N) is 1. The molecular weight excluding hydrogens is 172 g/mol. The summed E-state index contributed by atoms with van der Waals surface area (Å²) in [6, 6.07) is 0.185. The third kappa shape index (κ3) is 2.18. The molecule has 1 aliphatic rings. The fourth-order valence-electron chi connectivity index (χ4n) is 2.58. The van der Waals surface area contributed by atoms with E-state index < -0.39 is 0 Å². The summed E-state index contributed by atoms with van der Waals surface area (Å²) < 4.78 is 0. The van der Waals surface area contributed by atoms with Crippen LogP contribution in [0.25, 0.3) is 0 Å². The van der Waals surface area contributed by atoms with Crippen molar-refractivity contribution in [2.24, 2.45) is 5.73 Å². The molecule has 0 aromatic carbocycles. The van der Waals surface area contributed by atoms with Gasteiger partial charge in [-0.1, -0.05) is 24.5 Å². The van der Waals surface area contributed by atoms with Crippen molar-refractivity contribution in [3.63, 3.8) is 0 Å². The zero-order valence-electron chi connectivity index (χ0n) is 10.0. The van der Waals surface area contributed by atoms with Gasteiger partial charge in [0.05, 0.1) is 0 Å². The Morgan fingerprint density at radius 1 is 1.29 bits per heavy atom. The van der Waals surface area contributed by atoms with Crippen molar-refractivity contribution in [2.75, 3.05) is 14.1 Å². The van der Waals surface area contributed by atoms with Gasteiger partial charge in [-0.15, -0.1) is 0 Å². The third-order valence-corrected chi connectivity index (χ3v) is 3.49. The molecule has 14 heavy (non-hydrogen) atoms. The number of hydrogen-bond donors (Lipinski definition) is 1. The van der Waals surface area contributed by atoms with Crippen molar-refractivity contribution in [2.45, 2.75) is 51.1 Å². The van der Waals surface area contributed by atoms with Crippen molar-refractivity contribution in [1.82, 2.24) is 4.90 Å². The van der Waals surface area contributed by atoms with Crippen LogP contribution in [-0.4, -0.2) is 30.6 Å². The Balaban J connectivity index is 2.82. The minimum Gasteiger partial charge on any atom is -0.323 e. The summed E-state index contributed by atoms with van der Waals surface area (Å²) in [7, 11) is 4.31. The lowest BCUT2D eigenvalue weighted by atomic mass is 9.86. The summed E-state index contributed by atoms with van der Waals surface area (Å²) >= 11 is 0. The zero-order chi connectivity index (χ0) is 10.8. The fourth-order valence-corrected chi connectivity index (χ4v) is 2.58. The second-order valence-electron chi connectivity index (χ2n) is 4.97. The summed E-state index contributed by atoms with van der Waals surface area (Å²) in [6.45, 7) is 4.25. The van der Waals surface area contributed by atoms with Crippen molar-refractivity contribution >= 4 is 0 Å². The van der Waals surface area contributed by atoms with Crippen LogP contribution in [0.15, 0.2) is 11.6 Å². The van der Waals surface area contributed by atoms with Gasteiger partial charge in [0.15, 0.2) is 0 Å². The van der Waals surface area contributed by atoms with Crippen LogP contribution in [0, 0.1) is 0 Å². The van der Waals surface area contributed by atoms with E-state index in [1.54, 1.807) is 0 Å². The predicted molar refractivity (Wildman–Crippen MR) is 62.3 cm³/mol. The van der Waals surface area contributed by atoms with Gasteiger partial charge in [-0.3, -0.25) is 0 Å². The Morgan fingerprint density at radius 2 is 1.79 bits per heavy atom. The lowest BCUT2D eigenvalue weighted by Crippen LogP contribution is -2.54. The summed E-state index contributed by atoms with van der Waals surface area (Å²) in [5, 5.41) is 0. The van der Waals surface area contributed by atoms with E-state index in [9.17, 15) is 0 Å². The molecule has 0 aromatic rings. The van der Waals surface area contributed by atoms with E-state index in [0.717, 1.165) is 0 Å². The maximum atomic E-state index is 6.30. The first kappa shape index (κ1) is 11.7. The van der Waals surface area contributed by atoms with E-state index >= 15 is 0 Å². The molecule has 0 aliphatic heterocycles. The molecule has 1 unspecified atom stereocenters. The van der Waals surface area contributed by atoms with Crippen molar-refractivity contribution < 1.29 is 0 Å². The van der Waals surface area contributed by atoms with E-state index in [1.807, 2.05) is 0 Å². The van der Waals surface area contributed by atoms with Gasteiger partial charge < -0.3 is 10.6 Å². The van der Waals surface area contributed by atoms with E-state index in [1.165, 1.54) is 31.3 Å². The summed E-state index contributed by atoms with van der Waals surface area (Å²) in [6.07, 6.45) is 7.34. The highest BCUT2D eigenvalue weighted by atomic mass is 15.2. The van der Waals surface area contributed by atoms with Crippen LogP contribution in [0.1, 0.15) is 39.5 Å². The second kappa shape index (κ2) is 4.45. The molecule has 1 aliphatic carbocycles. The average molecular weight is 196 g/mol. The Hall–Kier alpha value is -0.340. The SMILES string of the molecule is CC(C)=CC(N)C1(N(C)C)CCCC1. The maximum absolute atomic E-state index is 6.30. The fraction of sp³-hybridized carbons (Fsp3) is 0.833. The van der Waals surface area contributed by atoms with Gasteiger partial charge in [0.1, 0.15) is 0 Å². The Kier molecular flexibility index (Phi) is 3.73. The molecule has 0 saturated heterocycles. The van der Waals surface area contributed by atoms with Crippen molar-refractivity contribution in [3.8, 4) is 0 Å². The van der Waals surface area contributed by atoms with E-state index in [4.69, 9.17) is 5.73 Å². The molecule has 0 bridgehead atoms. The molecule has 1 fully saturated rings. The summed E-state index contributed by atoms with van der Waals surface area (Å²) in [4.78, 5) is 2.32. The highest BCUT2D eigenvalue weighted by molar-refractivity contribution is 5.12. The minimum absolute atomic E-state index is 0.185. The topological polar surface area (TPSA) is 29.3 Å². The molecule has 0 spiro atoms. The number of nitrogens with zero attached hydrogens (tertiary/aromatic N) is 1. The number of hydrogen-bond acceptors (Lipinski definition) is 2. The van der Waals surface area contributed by atoms with Crippen molar-refractivity contribution in [3.05, 3.63) is 11.6 Å². The largest absolute Gasteiger partial charge is 0.323 e. The molecule has 2 N–H and O–H groups in total. The van der Waals surface area contributed by atoms with Crippen LogP contribution in [0.2, 0.25) is 0 Å². The average Bonchev–Trinajstić information content (AvgIpc) is 2.51. The highest BCUT2D eigenvalue weighted by Gasteiger charge is 2.40. The van der Waals surface area contributed by atoms with Crippen LogP contribution in [0.3, 0.4) is 0 Å². The van der Waals surface area contributed by atoms with Gasteiger partial charge >= 0.3 is 0 Å². The molecule has 0 heterocycles. The number of likely N-dealkylation sites (N-methyl/N-ethyl adjacent to an activating group) is 1. The second-order valence-corrected chi connectivity index (χ2v) is 4.97. The molecule has 0 aromatic heterocycles. The van der Waals surface area contributed by atoms with Gasteiger partial charge in [-0.2, -0.15) is 0 Å². The molecule has 0 amide bonds. The maximum Gasteiger partial charge on any atom is 0.0413 e. The first-order valence-corrected chi connectivity index (χ1v) is 5.57. The number of rotatable bonds is 3. The van der Waals surface area contributed by atoms with E-state index in [0.29, 0.717) is 0 Å². The monoisotopic (exact) mass is 196 g/mol. The Bertz CT molecular complexity index is 208. The predicted octanol–water partition coefficient (Wildman–Crippen LogP) is 2.15. The third-order valence-electron chi connectivity index (χ3n) is 3.49. The van der Waals surface area contributed by atoms with Gasteiger partial charge in [-0.25, -0.2) is 0 Å². The van der Waals surface area contributed by atoms with Crippen LogP contribution in [0.4, 0.5) is 0 Å². The number of allylic oxidation sites excluding steroid dienone is 1. The summed E-state index contributed by atoms with van der Waals surface area (Å²) in [5.41, 5.74) is 7.84. The molecule has 1 atom stereocenters. The van der Waals surface area contributed by atoms with E-state index in [-0.39, 0.29) is 11.6 Å². The van der Waals surface area contributed by atoms with Crippen LogP contribution in [-0.2, 0) is 0 Å². The lowest BCUT2D eigenvalue weighted by molar-refractivity contribution is 0.141. The molecule has 1 rings (SSSR count). The molecule has 1 saturated carbocycles. The van der Waals surface area contributed by atoms with Gasteiger partial charge in [0.25, 0.3) is 0 Å². The van der Waals surface area contributed by atoms with Gasteiger partial charge in [0.2, 0.25) is 0 Å². The molecule has 82 valence electrons. The van der Waals surface area contributed by atoms with Crippen molar-refractivity contribution in [1.29, 1.82) is 0 Å². The normalized spacial score (nSPS) is 22.4. The van der Waals surface area contributed by atoms with Crippen LogP contribution < -0.4 is 5.73 Å². The van der Waals surface area contributed by atoms with Gasteiger partial charge in [-0.05, 0) is 40.8 Å². The standard InChI is InChI=1S/C12H24N2/c1-10(2)9-11(13)12(14(3)4)7-5-6-8-12/h9,11H,5-8,13H2,1-4H3. The summed E-state index contributed by atoms with van der Waals surface area (Å²) in [5.74, 6) is 0. The lowest BCUT2D eigenvalue weighted by Gasteiger charge is -2.40. The van der Waals surface area contributed by atoms with Gasteiger partial charge in [0, 0.05) is 11.6 Å². The minimum atomic E-state index is 0.185. The molecule has 2 nitrogen and oxygen atoms in total. The molecular formula is C12H24N2. The van der Waals surface area contributed by atoms with E-state index in [2.05, 4.69) is 38.9 Å². The Labute approximate surface area is 88.2 Å². The van der Waals surface area contributed by atoms with Crippen LogP contribution >= 0.6 is 0 Å². The van der Waals surface area contributed by atoms with Crippen LogP contribution in [0.5, 0.6) is 0 Å². The first-order chi connectivity index (χ1) is 6.49. The molecule has 0 radical (unpaired) electrons.